The summed E-state index contributed by atoms with van der Waals surface area (Å²) in [6.07, 6.45) is 0. The fourth-order valence-corrected chi connectivity index (χ4v) is 4.30. The van der Waals surface area contributed by atoms with E-state index in [1.54, 1.807) is 35.2 Å². The monoisotopic (exact) mass is 458 g/mol. The molecule has 0 saturated carbocycles. The second-order valence-electron chi connectivity index (χ2n) is 8.22. The van der Waals surface area contributed by atoms with Gasteiger partial charge in [0, 0.05) is 50.5 Å². The largest absolute Gasteiger partial charge is 0.465 e. The Labute approximate surface area is 200 Å². The van der Waals surface area contributed by atoms with Crippen LogP contribution in [0.5, 0.6) is 0 Å². The quantitative estimate of drug-likeness (QED) is 0.431. The number of nitrogens with two attached hydrogens (primary N) is 1. The second-order valence-corrected chi connectivity index (χ2v) is 8.22. The van der Waals surface area contributed by atoms with Crippen molar-refractivity contribution in [2.75, 3.05) is 61.9 Å². The van der Waals surface area contributed by atoms with Gasteiger partial charge in [0.1, 0.15) is 0 Å². The minimum absolute atomic E-state index is 0.202. The fourth-order valence-electron chi connectivity index (χ4n) is 4.30. The zero-order valence-corrected chi connectivity index (χ0v) is 19.4. The molecule has 0 aromatic heterocycles. The molecule has 1 heterocycles. The maximum absolute atomic E-state index is 13.6. The molecule has 3 aromatic carbocycles. The highest BCUT2D eigenvalue weighted by molar-refractivity contribution is 6.11. The van der Waals surface area contributed by atoms with Crippen LogP contribution in [0.4, 0.5) is 17.1 Å². The van der Waals surface area contributed by atoms with Gasteiger partial charge in [-0.25, -0.2) is 4.79 Å². The minimum Gasteiger partial charge on any atom is -0.465 e. The number of amides is 1. The molecule has 0 spiro atoms. The number of piperazine rings is 1. The Morgan fingerprint density at radius 3 is 2.18 bits per heavy atom. The molecule has 0 aliphatic carbocycles. The number of carbonyl (C=O) groups is 2. The van der Waals surface area contributed by atoms with Crippen molar-refractivity contribution >= 4 is 28.9 Å². The first-order chi connectivity index (χ1) is 16.6. The lowest BCUT2D eigenvalue weighted by Crippen LogP contribution is -2.49. The molecule has 2 N–H and O–H groups in total. The van der Waals surface area contributed by atoms with Crippen molar-refractivity contribution in [3.8, 4) is 0 Å². The third kappa shape index (κ3) is 5.21. The maximum Gasteiger partial charge on any atom is 0.340 e. The van der Waals surface area contributed by atoms with E-state index in [1.807, 2.05) is 24.3 Å². The molecule has 1 aliphatic heterocycles. The molecule has 7 nitrogen and oxygen atoms in total. The maximum atomic E-state index is 13.6. The van der Waals surface area contributed by atoms with E-state index in [4.69, 9.17) is 10.5 Å². The number of esters is 1. The highest BCUT2D eigenvalue weighted by Gasteiger charge is 2.27. The van der Waals surface area contributed by atoms with E-state index in [-0.39, 0.29) is 11.5 Å². The van der Waals surface area contributed by atoms with E-state index in [2.05, 4.69) is 34.1 Å². The SMILES string of the molecule is COC(=O)c1cccc(N)c1N(CCN1CCN(c2ccccc2)CC1)C(=O)c1ccccc1. The average Bonchev–Trinajstić information content (AvgIpc) is 2.90. The standard InChI is InChI=1S/C27H30N4O3/c1-34-27(33)23-13-8-14-24(28)25(23)31(26(32)21-9-4-2-5-10-21)20-17-29-15-18-30(19-16-29)22-11-6-3-7-12-22/h2-14H,15-20,28H2,1H3. The number of nitrogens with zero attached hydrogens (tertiary/aromatic N) is 3. The average molecular weight is 459 g/mol. The molecule has 4 rings (SSSR count). The molecular weight excluding hydrogens is 428 g/mol. The smallest absolute Gasteiger partial charge is 0.340 e. The van der Waals surface area contributed by atoms with Gasteiger partial charge in [0.05, 0.1) is 24.0 Å². The number of rotatable bonds is 7. The Balaban J connectivity index is 1.54. The zero-order valence-electron chi connectivity index (χ0n) is 19.4. The normalized spacial score (nSPS) is 14.0. The molecule has 1 aliphatic rings. The fraction of sp³-hybridized carbons (Fsp3) is 0.259. The Hall–Kier alpha value is -3.84. The molecular formula is C27H30N4O3. The minimum atomic E-state index is -0.523. The summed E-state index contributed by atoms with van der Waals surface area (Å²) < 4.78 is 4.97. The van der Waals surface area contributed by atoms with E-state index in [0.717, 1.165) is 26.2 Å². The highest BCUT2D eigenvalue weighted by Crippen LogP contribution is 2.30. The van der Waals surface area contributed by atoms with Crippen LogP contribution in [0.3, 0.4) is 0 Å². The van der Waals surface area contributed by atoms with E-state index in [1.165, 1.54) is 12.8 Å². The second kappa shape index (κ2) is 10.9. The number of methoxy groups -OCH3 is 1. The van der Waals surface area contributed by atoms with Crippen molar-refractivity contribution in [2.45, 2.75) is 0 Å². The van der Waals surface area contributed by atoms with Gasteiger partial charge in [0.2, 0.25) is 0 Å². The molecule has 34 heavy (non-hydrogen) atoms. The van der Waals surface area contributed by atoms with Crippen LogP contribution < -0.4 is 15.5 Å². The van der Waals surface area contributed by atoms with Gasteiger partial charge < -0.3 is 20.3 Å². The first kappa shape index (κ1) is 23.3. The van der Waals surface area contributed by atoms with Gasteiger partial charge in [-0.05, 0) is 36.4 Å². The summed E-state index contributed by atoms with van der Waals surface area (Å²) in [4.78, 5) is 32.4. The first-order valence-corrected chi connectivity index (χ1v) is 11.4. The van der Waals surface area contributed by atoms with E-state index in [9.17, 15) is 9.59 Å². The number of carbonyl (C=O) groups excluding carboxylic acids is 2. The Morgan fingerprint density at radius 1 is 0.882 bits per heavy atom. The van der Waals surface area contributed by atoms with Gasteiger partial charge in [0.25, 0.3) is 5.91 Å². The van der Waals surface area contributed by atoms with Crippen molar-refractivity contribution in [1.82, 2.24) is 4.90 Å². The number of para-hydroxylation sites is 2. The third-order valence-corrected chi connectivity index (χ3v) is 6.14. The van der Waals surface area contributed by atoms with Crippen molar-refractivity contribution in [3.63, 3.8) is 0 Å². The summed E-state index contributed by atoms with van der Waals surface area (Å²) in [5.41, 5.74) is 9.10. The predicted molar refractivity (Wildman–Crippen MR) is 135 cm³/mol. The number of ether oxygens (including phenoxy) is 1. The van der Waals surface area contributed by atoms with Crippen molar-refractivity contribution in [2.24, 2.45) is 0 Å². The highest BCUT2D eigenvalue weighted by atomic mass is 16.5. The van der Waals surface area contributed by atoms with Crippen molar-refractivity contribution < 1.29 is 14.3 Å². The topological polar surface area (TPSA) is 79.1 Å². The van der Waals surface area contributed by atoms with Gasteiger partial charge in [-0.15, -0.1) is 0 Å². The van der Waals surface area contributed by atoms with E-state index < -0.39 is 5.97 Å². The summed E-state index contributed by atoms with van der Waals surface area (Å²) in [6, 6.07) is 24.5. The van der Waals surface area contributed by atoms with Crippen LogP contribution in [-0.4, -0.2) is 63.2 Å². The molecule has 7 heteroatoms. The summed E-state index contributed by atoms with van der Waals surface area (Å²) in [5, 5.41) is 0. The third-order valence-electron chi connectivity index (χ3n) is 6.14. The van der Waals surface area contributed by atoms with Crippen LogP contribution in [0.2, 0.25) is 0 Å². The van der Waals surface area contributed by atoms with Gasteiger partial charge in [-0.2, -0.15) is 0 Å². The molecule has 1 fully saturated rings. The lowest BCUT2D eigenvalue weighted by molar-refractivity contribution is 0.0601. The lowest BCUT2D eigenvalue weighted by atomic mass is 10.1. The van der Waals surface area contributed by atoms with Crippen LogP contribution in [0.25, 0.3) is 0 Å². The molecule has 1 saturated heterocycles. The zero-order chi connectivity index (χ0) is 23.9. The van der Waals surface area contributed by atoms with Gasteiger partial charge in [0.15, 0.2) is 0 Å². The molecule has 3 aromatic rings. The Morgan fingerprint density at radius 2 is 1.53 bits per heavy atom. The van der Waals surface area contributed by atoms with E-state index >= 15 is 0 Å². The summed E-state index contributed by atoms with van der Waals surface area (Å²) in [6.45, 7) is 4.66. The number of benzene rings is 3. The summed E-state index contributed by atoms with van der Waals surface area (Å²) in [7, 11) is 1.32. The number of hydrogen-bond donors (Lipinski definition) is 1. The number of nitrogen functional groups attached to an aromatic ring is 1. The molecule has 0 radical (unpaired) electrons. The molecule has 176 valence electrons. The lowest BCUT2D eigenvalue weighted by Gasteiger charge is -2.37. The first-order valence-electron chi connectivity index (χ1n) is 11.4. The van der Waals surface area contributed by atoms with Gasteiger partial charge >= 0.3 is 5.97 Å². The van der Waals surface area contributed by atoms with Crippen molar-refractivity contribution in [3.05, 3.63) is 90.0 Å². The van der Waals surface area contributed by atoms with E-state index in [0.29, 0.717) is 30.0 Å². The summed E-state index contributed by atoms with van der Waals surface area (Å²) >= 11 is 0. The predicted octanol–water partition coefficient (Wildman–Crippen LogP) is 3.52. The molecule has 0 unspecified atom stereocenters. The Kier molecular flexibility index (Phi) is 7.44. The van der Waals surface area contributed by atoms with Crippen LogP contribution in [0.15, 0.2) is 78.9 Å². The van der Waals surface area contributed by atoms with Gasteiger partial charge in [-0.3, -0.25) is 9.69 Å². The van der Waals surface area contributed by atoms with Crippen LogP contribution in [0.1, 0.15) is 20.7 Å². The van der Waals surface area contributed by atoms with Crippen LogP contribution in [0, 0.1) is 0 Å². The number of hydrogen-bond acceptors (Lipinski definition) is 6. The Bertz CT molecular complexity index is 1110. The van der Waals surface area contributed by atoms with Crippen molar-refractivity contribution in [1.29, 1.82) is 0 Å². The molecule has 0 atom stereocenters. The molecule has 1 amide bonds. The summed E-state index contributed by atoms with van der Waals surface area (Å²) in [5.74, 6) is -0.726. The van der Waals surface area contributed by atoms with Crippen LogP contribution >= 0.6 is 0 Å². The number of anilines is 3. The van der Waals surface area contributed by atoms with Crippen LogP contribution in [-0.2, 0) is 4.74 Å². The molecule has 0 bridgehead atoms. The van der Waals surface area contributed by atoms with Gasteiger partial charge in [-0.1, -0.05) is 42.5 Å².